The second-order valence-electron chi connectivity index (χ2n) is 8.75. The van der Waals surface area contributed by atoms with Crippen molar-refractivity contribution in [3.8, 4) is 0 Å². The van der Waals surface area contributed by atoms with Crippen LogP contribution in [0.25, 0.3) is 21.5 Å². The van der Waals surface area contributed by atoms with Gasteiger partial charge in [0.25, 0.3) is 0 Å². The van der Waals surface area contributed by atoms with E-state index in [1.807, 2.05) is 23.5 Å². The van der Waals surface area contributed by atoms with Crippen LogP contribution in [-0.2, 0) is 0 Å². The Hall–Kier alpha value is -2.15. The lowest BCUT2D eigenvalue weighted by Crippen LogP contribution is -2.16. The predicted octanol–water partition coefficient (Wildman–Crippen LogP) is 10.8. The van der Waals surface area contributed by atoms with Crippen LogP contribution in [0.2, 0.25) is 0 Å². The van der Waals surface area contributed by atoms with Crippen LogP contribution in [-0.4, -0.2) is 6.54 Å². The number of hydrogen-bond acceptors (Lipinski definition) is 3. The lowest BCUT2D eigenvalue weighted by atomic mass is 10.1. The van der Waals surface area contributed by atoms with Crippen molar-refractivity contribution >= 4 is 73.3 Å². The van der Waals surface area contributed by atoms with Gasteiger partial charge in [0.1, 0.15) is 0 Å². The van der Waals surface area contributed by atoms with Gasteiger partial charge in [-0.25, -0.2) is 0 Å². The SMILES string of the molecule is CC\C=C(/C=C(/C=C1/Sc2c(ccc3ccccc23)N1CC)CC)Sc1c(I)ccc2ccccc12. The van der Waals surface area contributed by atoms with Gasteiger partial charge >= 0.3 is 0 Å². The molecule has 0 atom stereocenters. The topological polar surface area (TPSA) is 3.24 Å². The summed E-state index contributed by atoms with van der Waals surface area (Å²) in [6, 6.07) is 26.4. The van der Waals surface area contributed by atoms with Crippen LogP contribution in [0, 0.1) is 3.57 Å². The molecule has 4 aromatic rings. The Labute approximate surface area is 236 Å². The van der Waals surface area contributed by atoms with Crippen LogP contribution in [0.15, 0.2) is 116 Å². The number of allylic oxidation sites excluding steroid dienone is 4. The minimum atomic E-state index is 0.960. The van der Waals surface area contributed by atoms with E-state index in [0.717, 1.165) is 19.4 Å². The van der Waals surface area contributed by atoms with Crippen molar-refractivity contribution in [2.45, 2.75) is 43.4 Å². The van der Waals surface area contributed by atoms with Crippen LogP contribution in [0.3, 0.4) is 0 Å². The molecule has 1 nitrogen and oxygen atoms in total. The third kappa shape index (κ3) is 5.13. The molecule has 0 fully saturated rings. The molecule has 0 unspecified atom stereocenters. The molecule has 0 bridgehead atoms. The Bertz CT molecular complexity index is 1520. The first-order valence-electron chi connectivity index (χ1n) is 12.6. The Morgan fingerprint density at radius 3 is 2.31 bits per heavy atom. The van der Waals surface area contributed by atoms with Gasteiger partial charge in [-0.3, -0.25) is 0 Å². The summed E-state index contributed by atoms with van der Waals surface area (Å²) >= 11 is 6.28. The highest BCUT2D eigenvalue weighted by molar-refractivity contribution is 14.1. The fourth-order valence-corrected chi connectivity index (χ4v) is 7.91. The fourth-order valence-electron chi connectivity index (χ4n) is 4.62. The largest absolute Gasteiger partial charge is 0.335 e. The quantitative estimate of drug-likeness (QED) is 0.115. The van der Waals surface area contributed by atoms with E-state index in [1.54, 1.807) is 0 Å². The van der Waals surface area contributed by atoms with E-state index < -0.39 is 0 Å². The van der Waals surface area contributed by atoms with Gasteiger partial charge in [0.2, 0.25) is 0 Å². The third-order valence-corrected chi connectivity index (χ3v) is 10.0. The lowest BCUT2D eigenvalue weighted by Gasteiger charge is -2.18. The second kappa shape index (κ2) is 11.5. The molecule has 0 amide bonds. The minimum absolute atomic E-state index is 0.960. The van der Waals surface area contributed by atoms with E-state index >= 15 is 0 Å². The maximum Gasteiger partial charge on any atom is 0.0804 e. The molecule has 5 rings (SSSR count). The zero-order valence-corrected chi connectivity index (χ0v) is 24.7. The molecule has 36 heavy (non-hydrogen) atoms. The Balaban J connectivity index is 1.51. The normalized spacial score (nSPS) is 15.3. The van der Waals surface area contributed by atoms with Gasteiger partial charge in [-0.1, -0.05) is 104 Å². The van der Waals surface area contributed by atoms with Gasteiger partial charge in [0.15, 0.2) is 0 Å². The zero-order chi connectivity index (χ0) is 25.1. The number of hydrogen-bond donors (Lipinski definition) is 0. The van der Waals surface area contributed by atoms with Crippen molar-refractivity contribution in [1.82, 2.24) is 0 Å². The molecule has 0 radical (unpaired) electrons. The highest BCUT2D eigenvalue weighted by atomic mass is 127. The Morgan fingerprint density at radius 2 is 1.58 bits per heavy atom. The minimum Gasteiger partial charge on any atom is -0.335 e. The molecule has 182 valence electrons. The monoisotopic (exact) mass is 619 g/mol. The highest BCUT2D eigenvalue weighted by Crippen LogP contribution is 2.49. The van der Waals surface area contributed by atoms with Gasteiger partial charge in [-0.2, -0.15) is 0 Å². The van der Waals surface area contributed by atoms with Crippen molar-refractivity contribution in [3.63, 3.8) is 0 Å². The highest BCUT2D eigenvalue weighted by Gasteiger charge is 2.25. The number of fused-ring (bicyclic) bond motifs is 4. The van der Waals surface area contributed by atoms with E-state index in [-0.39, 0.29) is 0 Å². The second-order valence-corrected chi connectivity index (χ2v) is 12.0. The molecule has 4 aromatic carbocycles. The molecule has 4 heteroatoms. The molecule has 1 heterocycles. The van der Waals surface area contributed by atoms with Gasteiger partial charge in [0.05, 0.1) is 10.7 Å². The van der Waals surface area contributed by atoms with Crippen LogP contribution < -0.4 is 4.90 Å². The summed E-state index contributed by atoms with van der Waals surface area (Å²) in [5, 5.41) is 6.59. The predicted molar refractivity (Wildman–Crippen MR) is 170 cm³/mol. The Morgan fingerprint density at radius 1 is 0.889 bits per heavy atom. The number of nitrogens with zero attached hydrogens (tertiary/aromatic N) is 1. The number of anilines is 1. The number of benzene rings is 4. The molecule has 1 aliphatic rings. The average molecular weight is 620 g/mol. The van der Waals surface area contributed by atoms with E-state index in [0.29, 0.717) is 0 Å². The van der Waals surface area contributed by atoms with E-state index in [2.05, 4.69) is 139 Å². The van der Waals surface area contributed by atoms with Gasteiger partial charge in [-0.05, 0) is 93.8 Å². The van der Waals surface area contributed by atoms with Crippen molar-refractivity contribution in [2.24, 2.45) is 0 Å². The molecule has 0 spiro atoms. The van der Waals surface area contributed by atoms with Crippen molar-refractivity contribution in [1.29, 1.82) is 0 Å². The summed E-state index contributed by atoms with van der Waals surface area (Å²) in [6.07, 6.45) is 9.17. The maximum atomic E-state index is 2.48. The summed E-state index contributed by atoms with van der Waals surface area (Å²) in [4.78, 5) is 6.49. The van der Waals surface area contributed by atoms with E-state index in [4.69, 9.17) is 0 Å². The first-order valence-corrected chi connectivity index (χ1v) is 15.3. The maximum absolute atomic E-state index is 2.48. The number of rotatable bonds is 7. The van der Waals surface area contributed by atoms with Crippen LogP contribution in [0.4, 0.5) is 5.69 Å². The molecule has 1 aliphatic heterocycles. The molecule has 0 saturated heterocycles. The van der Waals surface area contributed by atoms with Crippen molar-refractivity contribution in [3.05, 3.63) is 110 Å². The van der Waals surface area contributed by atoms with Crippen LogP contribution >= 0.6 is 46.1 Å². The standard InChI is InChI=1S/C32H30INS2/c1-4-11-25(35-31-26-14-9-7-12-23(26)16-18-28(31)33)20-22(5-2)21-30-34(6-3)29-19-17-24-13-8-10-15-27(24)32(29)36-30/h7-21H,4-6H2,1-3H3/b22-20+,25-11+,30-21+. The summed E-state index contributed by atoms with van der Waals surface area (Å²) in [5.41, 5.74) is 2.68. The van der Waals surface area contributed by atoms with Crippen molar-refractivity contribution < 1.29 is 0 Å². The van der Waals surface area contributed by atoms with E-state index in [1.165, 1.54) is 56.1 Å². The summed E-state index contributed by atoms with van der Waals surface area (Å²) < 4.78 is 1.30. The smallest absolute Gasteiger partial charge is 0.0804 e. The molecular weight excluding hydrogens is 589 g/mol. The first kappa shape index (κ1) is 25.5. The molecule has 0 saturated carbocycles. The van der Waals surface area contributed by atoms with E-state index in [9.17, 15) is 0 Å². The van der Waals surface area contributed by atoms with Gasteiger partial charge in [0, 0.05) is 24.8 Å². The molecule has 0 N–H and O–H groups in total. The fraction of sp³-hybridized carbons (Fsp3) is 0.188. The van der Waals surface area contributed by atoms with Crippen molar-refractivity contribution in [2.75, 3.05) is 11.4 Å². The number of halogens is 1. The first-order chi connectivity index (χ1) is 17.6. The summed E-state index contributed by atoms with van der Waals surface area (Å²) in [7, 11) is 0. The number of thioether (sulfide) groups is 2. The molecular formula is C32H30INS2. The Kier molecular flexibility index (Phi) is 8.14. The molecule has 0 aromatic heterocycles. The lowest BCUT2D eigenvalue weighted by molar-refractivity contribution is 0.999. The summed E-state index contributed by atoms with van der Waals surface area (Å²) in [5.74, 6) is 0. The zero-order valence-electron chi connectivity index (χ0n) is 20.9. The molecule has 0 aliphatic carbocycles. The van der Waals surface area contributed by atoms with Gasteiger partial charge < -0.3 is 4.90 Å². The summed E-state index contributed by atoms with van der Waals surface area (Å²) in [6.45, 7) is 7.69. The van der Waals surface area contributed by atoms with Crippen LogP contribution in [0.5, 0.6) is 0 Å². The third-order valence-electron chi connectivity index (χ3n) is 6.44. The van der Waals surface area contributed by atoms with Crippen LogP contribution in [0.1, 0.15) is 33.6 Å². The average Bonchev–Trinajstić information content (AvgIpc) is 3.27. The van der Waals surface area contributed by atoms with Gasteiger partial charge in [-0.15, -0.1) is 0 Å².